The topological polar surface area (TPSA) is 64.2 Å². The van der Waals surface area contributed by atoms with E-state index in [4.69, 9.17) is 21.1 Å². The van der Waals surface area contributed by atoms with Crippen LogP contribution in [-0.4, -0.2) is 26.7 Å². The van der Waals surface area contributed by atoms with Gasteiger partial charge in [-0.25, -0.2) is 0 Å². The van der Waals surface area contributed by atoms with E-state index >= 15 is 0 Å². The summed E-state index contributed by atoms with van der Waals surface area (Å²) in [5.41, 5.74) is 1.75. The van der Waals surface area contributed by atoms with Crippen LogP contribution in [0.25, 0.3) is 0 Å². The van der Waals surface area contributed by atoms with Crippen molar-refractivity contribution in [1.29, 1.82) is 0 Å². The Morgan fingerprint density at radius 3 is 2.58 bits per heavy atom. The number of carbonyl (C=O) groups excluding carboxylic acids is 1. The molecule has 0 bridgehead atoms. The van der Waals surface area contributed by atoms with E-state index in [2.05, 4.69) is 5.32 Å². The van der Waals surface area contributed by atoms with Crippen LogP contribution in [0.2, 0.25) is 5.02 Å². The summed E-state index contributed by atoms with van der Waals surface area (Å²) in [7, 11) is 3.13. The number of ether oxygens (including phenoxy) is 2. The van der Waals surface area contributed by atoms with Crippen molar-refractivity contribution >= 4 is 23.2 Å². The van der Waals surface area contributed by atoms with Crippen LogP contribution in [0, 0.1) is 0 Å². The minimum atomic E-state index is -0.0869. The Hall–Kier alpha value is -2.24. The van der Waals surface area contributed by atoms with Crippen LogP contribution in [0.15, 0.2) is 42.5 Å². The van der Waals surface area contributed by atoms with Gasteiger partial charge in [-0.05, 0) is 31.2 Å². The summed E-state index contributed by atoms with van der Waals surface area (Å²) >= 11 is 6.00. The fraction of sp³-hybridized carbons (Fsp3) is 0.278. The van der Waals surface area contributed by atoms with Crippen molar-refractivity contribution in [2.45, 2.75) is 13.0 Å². The zero-order valence-electron chi connectivity index (χ0n) is 14.0. The second-order valence-electron chi connectivity index (χ2n) is 5.40. The Labute approximate surface area is 146 Å². The van der Waals surface area contributed by atoms with Gasteiger partial charge in [0.15, 0.2) is 18.0 Å². The van der Waals surface area contributed by atoms with Gasteiger partial charge in [-0.15, -0.1) is 0 Å². The number of benzene rings is 2. The van der Waals surface area contributed by atoms with Crippen LogP contribution in [0.5, 0.6) is 11.5 Å². The lowest BCUT2D eigenvalue weighted by atomic mass is 10.1. The van der Waals surface area contributed by atoms with E-state index in [1.807, 2.05) is 36.5 Å². The van der Waals surface area contributed by atoms with Gasteiger partial charge >= 0.3 is 0 Å². The highest BCUT2D eigenvalue weighted by atomic mass is 35.5. The van der Waals surface area contributed by atoms with E-state index in [9.17, 15) is 4.79 Å². The van der Waals surface area contributed by atoms with E-state index in [1.54, 1.807) is 32.4 Å². The summed E-state index contributed by atoms with van der Waals surface area (Å²) in [6, 6.07) is 13.1. The average Bonchev–Trinajstić information content (AvgIpc) is 2.59. The summed E-state index contributed by atoms with van der Waals surface area (Å²) in [5.74, 6) is 1.11. The maximum atomic E-state index is 12.1. The quantitative estimate of drug-likeness (QED) is 0.807. The van der Waals surface area contributed by atoms with Gasteiger partial charge in [-0.2, -0.15) is 0 Å². The maximum Gasteiger partial charge on any atom is 0.279 e. The van der Waals surface area contributed by atoms with E-state index < -0.39 is 0 Å². The summed E-state index contributed by atoms with van der Waals surface area (Å²) in [6.07, 6.45) is 0. The van der Waals surface area contributed by atoms with Gasteiger partial charge in [-0.3, -0.25) is 4.79 Å². The Morgan fingerprint density at radius 2 is 1.92 bits per heavy atom. The predicted octanol–water partition coefficient (Wildman–Crippen LogP) is 2.62. The van der Waals surface area contributed by atoms with Crippen molar-refractivity contribution in [2.75, 3.05) is 26.1 Å². The Balaban J connectivity index is 1.91. The minimum Gasteiger partial charge on any atom is -0.493 e. The first-order valence-electron chi connectivity index (χ1n) is 7.64. The lowest BCUT2D eigenvalue weighted by Gasteiger charge is -2.12. The van der Waals surface area contributed by atoms with E-state index in [0.29, 0.717) is 28.8 Å². The molecule has 2 aromatic carbocycles. The van der Waals surface area contributed by atoms with Crippen LogP contribution >= 0.6 is 11.6 Å². The molecular formula is C18H22ClN2O3+. The van der Waals surface area contributed by atoms with Crippen molar-refractivity contribution in [2.24, 2.45) is 0 Å². The largest absolute Gasteiger partial charge is 0.493 e. The molecule has 1 atom stereocenters. The van der Waals surface area contributed by atoms with Gasteiger partial charge in [0, 0.05) is 22.3 Å². The molecule has 6 heteroatoms. The van der Waals surface area contributed by atoms with E-state index in [-0.39, 0.29) is 11.9 Å². The first-order valence-corrected chi connectivity index (χ1v) is 8.02. The van der Waals surface area contributed by atoms with Gasteiger partial charge in [0.1, 0.15) is 6.04 Å². The zero-order valence-corrected chi connectivity index (χ0v) is 14.8. The number of methoxy groups -OCH3 is 2. The number of amides is 1. The number of quaternary nitrogens is 1. The van der Waals surface area contributed by atoms with E-state index in [0.717, 1.165) is 5.56 Å². The number of hydrogen-bond donors (Lipinski definition) is 2. The number of carbonyl (C=O) groups is 1. The Morgan fingerprint density at radius 1 is 1.17 bits per heavy atom. The maximum absolute atomic E-state index is 12.1. The highest BCUT2D eigenvalue weighted by Crippen LogP contribution is 2.29. The van der Waals surface area contributed by atoms with Crippen LogP contribution in [0.4, 0.5) is 5.69 Å². The molecule has 0 spiro atoms. The molecule has 0 aromatic heterocycles. The third kappa shape index (κ3) is 4.88. The normalized spacial score (nSPS) is 11.7. The molecule has 0 aliphatic heterocycles. The minimum absolute atomic E-state index is 0.0869. The van der Waals surface area contributed by atoms with Crippen LogP contribution < -0.4 is 20.1 Å². The Kier molecular flexibility index (Phi) is 6.46. The molecule has 0 fully saturated rings. The molecule has 128 valence electrons. The molecule has 0 aliphatic carbocycles. The van der Waals surface area contributed by atoms with Crippen LogP contribution in [0.3, 0.4) is 0 Å². The third-order valence-electron chi connectivity index (χ3n) is 3.70. The van der Waals surface area contributed by atoms with Gasteiger partial charge in [0.25, 0.3) is 5.91 Å². The monoisotopic (exact) mass is 349 g/mol. The fourth-order valence-electron chi connectivity index (χ4n) is 2.34. The summed E-state index contributed by atoms with van der Waals surface area (Å²) in [6.45, 7) is 2.34. The van der Waals surface area contributed by atoms with Crippen molar-refractivity contribution < 1.29 is 19.6 Å². The first-order chi connectivity index (χ1) is 11.5. The number of anilines is 1. The summed E-state index contributed by atoms with van der Waals surface area (Å²) in [4.78, 5) is 12.1. The van der Waals surface area contributed by atoms with Crippen molar-refractivity contribution in [1.82, 2.24) is 0 Å². The summed E-state index contributed by atoms with van der Waals surface area (Å²) in [5, 5.41) is 5.51. The molecule has 0 heterocycles. The average molecular weight is 350 g/mol. The highest BCUT2D eigenvalue weighted by Gasteiger charge is 2.13. The standard InChI is InChI=1S/C18H21ClN2O3/c1-12(13-5-4-6-14(19)9-13)20-11-18(22)21-15-7-8-16(23-2)17(10-15)24-3/h4-10,12,20H,11H2,1-3H3,(H,21,22)/p+1/t12-/m1/s1. The molecule has 24 heavy (non-hydrogen) atoms. The highest BCUT2D eigenvalue weighted by molar-refractivity contribution is 6.30. The first kappa shape index (κ1) is 18.1. The van der Waals surface area contributed by atoms with Crippen molar-refractivity contribution in [3.63, 3.8) is 0 Å². The van der Waals surface area contributed by atoms with Crippen LogP contribution in [0.1, 0.15) is 18.5 Å². The number of nitrogens with one attached hydrogen (secondary N) is 1. The summed E-state index contributed by atoms with van der Waals surface area (Å²) < 4.78 is 10.4. The van der Waals surface area contributed by atoms with Gasteiger partial charge in [0.05, 0.1) is 14.2 Å². The van der Waals surface area contributed by atoms with Gasteiger partial charge in [0.2, 0.25) is 0 Å². The van der Waals surface area contributed by atoms with Crippen molar-refractivity contribution in [3.05, 3.63) is 53.1 Å². The second-order valence-corrected chi connectivity index (χ2v) is 5.84. The molecule has 2 rings (SSSR count). The molecule has 0 radical (unpaired) electrons. The smallest absolute Gasteiger partial charge is 0.279 e. The molecule has 3 N–H and O–H groups in total. The second kappa shape index (κ2) is 8.57. The molecule has 0 saturated heterocycles. The lowest BCUT2D eigenvalue weighted by Crippen LogP contribution is -2.86. The predicted molar refractivity (Wildman–Crippen MR) is 94.8 cm³/mol. The molecule has 0 unspecified atom stereocenters. The van der Waals surface area contributed by atoms with E-state index in [1.165, 1.54) is 0 Å². The van der Waals surface area contributed by atoms with Crippen molar-refractivity contribution in [3.8, 4) is 11.5 Å². The molecular weight excluding hydrogens is 328 g/mol. The molecule has 1 amide bonds. The van der Waals surface area contributed by atoms with Gasteiger partial charge in [-0.1, -0.05) is 23.7 Å². The number of halogens is 1. The molecule has 0 saturated carbocycles. The number of nitrogens with two attached hydrogens (primary N) is 1. The number of rotatable bonds is 7. The molecule has 0 aliphatic rings. The fourth-order valence-corrected chi connectivity index (χ4v) is 2.53. The van der Waals surface area contributed by atoms with Gasteiger partial charge < -0.3 is 20.1 Å². The Bertz CT molecular complexity index is 706. The SMILES string of the molecule is COc1ccc(NC(=O)C[NH2+][C@H](C)c2cccc(Cl)c2)cc1OC. The lowest BCUT2D eigenvalue weighted by molar-refractivity contribution is -0.682. The number of hydrogen-bond acceptors (Lipinski definition) is 3. The molecule has 2 aromatic rings. The third-order valence-corrected chi connectivity index (χ3v) is 3.93. The zero-order chi connectivity index (χ0) is 17.5. The molecule has 5 nitrogen and oxygen atoms in total. The van der Waals surface area contributed by atoms with Crippen LogP contribution in [-0.2, 0) is 4.79 Å².